The van der Waals surface area contributed by atoms with Crippen molar-refractivity contribution < 1.29 is 4.79 Å². The number of nitrogens with one attached hydrogen (secondary N) is 1. The van der Waals surface area contributed by atoms with Gasteiger partial charge in [-0.05, 0) is 43.5 Å². The molecule has 5 nitrogen and oxygen atoms in total. The minimum atomic E-state index is -0.117. The maximum atomic E-state index is 12.4. The number of rotatable bonds is 2. The van der Waals surface area contributed by atoms with Crippen LogP contribution in [-0.2, 0) is 7.05 Å². The SMILES string of the molecule is Cc1nn(C)c(C)c1NC(=O)c1cc2cc(N)ccc2s1. The van der Waals surface area contributed by atoms with Gasteiger partial charge in [0.15, 0.2) is 0 Å². The Morgan fingerprint density at radius 3 is 2.76 bits per heavy atom. The summed E-state index contributed by atoms with van der Waals surface area (Å²) in [5.41, 5.74) is 9.00. The number of benzene rings is 1. The molecule has 0 aliphatic carbocycles. The number of amides is 1. The van der Waals surface area contributed by atoms with Gasteiger partial charge in [0.25, 0.3) is 5.91 Å². The molecule has 0 aliphatic heterocycles. The minimum Gasteiger partial charge on any atom is -0.399 e. The molecule has 2 heterocycles. The zero-order valence-corrected chi connectivity index (χ0v) is 12.9. The van der Waals surface area contributed by atoms with Gasteiger partial charge in [-0.2, -0.15) is 5.10 Å². The number of nitrogens with zero attached hydrogens (tertiary/aromatic N) is 2. The van der Waals surface area contributed by atoms with Crippen molar-refractivity contribution in [1.29, 1.82) is 0 Å². The molecule has 3 aromatic rings. The number of carbonyl (C=O) groups is 1. The summed E-state index contributed by atoms with van der Waals surface area (Å²) in [6.07, 6.45) is 0. The third-order valence-electron chi connectivity index (χ3n) is 3.51. The second kappa shape index (κ2) is 4.89. The molecule has 0 radical (unpaired) electrons. The molecule has 1 amide bonds. The van der Waals surface area contributed by atoms with Crippen LogP contribution in [0.15, 0.2) is 24.3 Å². The summed E-state index contributed by atoms with van der Waals surface area (Å²) in [6.45, 7) is 3.81. The van der Waals surface area contributed by atoms with E-state index in [0.29, 0.717) is 10.6 Å². The van der Waals surface area contributed by atoms with Crippen molar-refractivity contribution in [3.05, 3.63) is 40.5 Å². The molecular weight excluding hydrogens is 284 g/mol. The molecule has 1 aromatic carbocycles. The van der Waals surface area contributed by atoms with Gasteiger partial charge >= 0.3 is 0 Å². The summed E-state index contributed by atoms with van der Waals surface area (Å²) < 4.78 is 2.81. The predicted octanol–water partition coefficient (Wildman–Crippen LogP) is 3.09. The molecule has 6 heteroatoms. The monoisotopic (exact) mass is 300 g/mol. The number of fused-ring (bicyclic) bond motifs is 1. The van der Waals surface area contributed by atoms with Crippen LogP contribution in [0.1, 0.15) is 21.1 Å². The smallest absolute Gasteiger partial charge is 0.265 e. The largest absolute Gasteiger partial charge is 0.399 e. The van der Waals surface area contributed by atoms with Crippen molar-refractivity contribution in [2.75, 3.05) is 11.1 Å². The highest BCUT2D eigenvalue weighted by atomic mass is 32.1. The van der Waals surface area contributed by atoms with Crippen molar-refractivity contribution in [2.45, 2.75) is 13.8 Å². The van der Waals surface area contributed by atoms with E-state index < -0.39 is 0 Å². The van der Waals surface area contributed by atoms with Gasteiger partial charge in [-0.1, -0.05) is 0 Å². The maximum absolute atomic E-state index is 12.4. The van der Waals surface area contributed by atoms with Crippen LogP contribution in [0.2, 0.25) is 0 Å². The fourth-order valence-corrected chi connectivity index (χ4v) is 3.24. The summed E-state index contributed by atoms with van der Waals surface area (Å²) in [6, 6.07) is 7.53. The number of hydrogen-bond donors (Lipinski definition) is 2. The summed E-state index contributed by atoms with van der Waals surface area (Å²) in [5, 5.41) is 8.24. The molecule has 0 bridgehead atoms. The Morgan fingerprint density at radius 1 is 1.33 bits per heavy atom. The number of nitrogens with two attached hydrogens (primary N) is 1. The highest BCUT2D eigenvalue weighted by Crippen LogP contribution is 2.28. The second-order valence-corrected chi connectivity index (χ2v) is 6.12. The van der Waals surface area contributed by atoms with E-state index in [9.17, 15) is 4.79 Å². The van der Waals surface area contributed by atoms with Crippen LogP contribution in [-0.4, -0.2) is 15.7 Å². The maximum Gasteiger partial charge on any atom is 0.265 e. The number of aromatic nitrogens is 2. The first kappa shape index (κ1) is 13.6. The Bertz CT molecular complexity index is 847. The van der Waals surface area contributed by atoms with Crippen LogP contribution in [0.3, 0.4) is 0 Å². The van der Waals surface area contributed by atoms with Gasteiger partial charge < -0.3 is 11.1 Å². The Labute approximate surface area is 126 Å². The van der Waals surface area contributed by atoms with E-state index in [2.05, 4.69) is 10.4 Å². The van der Waals surface area contributed by atoms with E-state index in [-0.39, 0.29) is 5.91 Å². The molecule has 2 aromatic heterocycles. The highest BCUT2D eigenvalue weighted by molar-refractivity contribution is 7.20. The molecule has 0 fully saturated rings. The first-order valence-corrected chi connectivity index (χ1v) is 7.38. The summed E-state index contributed by atoms with van der Waals surface area (Å²) in [5.74, 6) is -0.117. The average Bonchev–Trinajstić information content (AvgIpc) is 2.95. The first-order chi connectivity index (χ1) is 9.95. The van der Waals surface area contributed by atoms with Crippen LogP contribution < -0.4 is 11.1 Å². The van der Waals surface area contributed by atoms with Gasteiger partial charge in [0.2, 0.25) is 0 Å². The van der Waals surface area contributed by atoms with Crippen molar-refractivity contribution >= 4 is 38.7 Å². The quantitative estimate of drug-likeness (QED) is 0.714. The van der Waals surface area contributed by atoms with Crippen LogP contribution in [0.4, 0.5) is 11.4 Å². The van der Waals surface area contributed by atoms with Crippen LogP contribution in [0.5, 0.6) is 0 Å². The van der Waals surface area contributed by atoms with E-state index in [4.69, 9.17) is 5.73 Å². The number of thiophene rings is 1. The standard InChI is InChI=1S/C15H16N4OS/c1-8-14(9(2)19(3)18-8)17-15(20)13-7-10-6-11(16)4-5-12(10)21-13/h4-7H,16H2,1-3H3,(H,17,20). The van der Waals surface area contributed by atoms with E-state index >= 15 is 0 Å². The van der Waals surface area contributed by atoms with Gasteiger partial charge in [-0.25, -0.2) is 0 Å². The lowest BCUT2D eigenvalue weighted by molar-refractivity contribution is 0.103. The fourth-order valence-electron chi connectivity index (χ4n) is 2.30. The number of carbonyl (C=O) groups excluding carboxylic acids is 1. The van der Waals surface area contributed by atoms with Gasteiger partial charge in [-0.3, -0.25) is 9.48 Å². The zero-order valence-electron chi connectivity index (χ0n) is 12.1. The minimum absolute atomic E-state index is 0.117. The molecule has 0 spiro atoms. The molecule has 0 atom stereocenters. The lowest BCUT2D eigenvalue weighted by atomic mass is 10.2. The molecule has 3 rings (SSSR count). The van der Waals surface area contributed by atoms with Crippen LogP contribution >= 0.6 is 11.3 Å². The summed E-state index contributed by atoms with van der Waals surface area (Å²) in [4.78, 5) is 13.1. The fraction of sp³-hybridized carbons (Fsp3) is 0.200. The van der Waals surface area contributed by atoms with Gasteiger partial charge in [0, 0.05) is 17.4 Å². The first-order valence-electron chi connectivity index (χ1n) is 6.56. The summed E-state index contributed by atoms with van der Waals surface area (Å²) in [7, 11) is 1.86. The van der Waals surface area contributed by atoms with Crippen LogP contribution in [0, 0.1) is 13.8 Å². The van der Waals surface area contributed by atoms with Crippen molar-refractivity contribution in [3.8, 4) is 0 Å². The van der Waals surface area contributed by atoms with E-state index in [0.717, 1.165) is 27.2 Å². The highest BCUT2D eigenvalue weighted by Gasteiger charge is 2.15. The molecular formula is C15H16N4OS. The van der Waals surface area contributed by atoms with Crippen molar-refractivity contribution in [1.82, 2.24) is 9.78 Å². The predicted molar refractivity (Wildman–Crippen MR) is 86.9 cm³/mol. The Balaban J connectivity index is 1.93. The molecule has 21 heavy (non-hydrogen) atoms. The second-order valence-electron chi connectivity index (χ2n) is 5.03. The van der Waals surface area contributed by atoms with E-state index in [1.807, 2.05) is 45.2 Å². The summed E-state index contributed by atoms with van der Waals surface area (Å²) >= 11 is 1.46. The topological polar surface area (TPSA) is 72.9 Å². The molecule has 3 N–H and O–H groups in total. The zero-order chi connectivity index (χ0) is 15.1. The third kappa shape index (κ3) is 2.38. The van der Waals surface area contributed by atoms with Gasteiger partial charge in [-0.15, -0.1) is 11.3 Å². The van der Waals surface area contributed by atoms with E-state index in [1.165, 1.54) is 11.3 Å². The van der Waals surface area contributed by atoms with Crippen molar-refractivity contribution in [2.24, 2.45) is 7.05 Å². The average molecular weight is 300 g/mol. The van der Waals surface area contributed by atoms with Gasteiger partial charge in [0.1, 0.15) is 0 Å². The van der Waals surface area contributed by atoms with E-state index in [1.54, 1.807) is 4.68 Å². The van der Waals surface area contributed by atoms with Gasteiger partial charge in [0.05, 0.1) is 22.0 Å². The molecule has 108 valence electrons. The Hall–Kier alpha value is -2.34. The number of hydrogen-bond acceptors (Lipinski definition) is 4. The number of nitrogen functional groups attached to an aromatic ring is 1. The lowest BCUT2D eigenvalue weighted by Crippen LogP contribution is -2.11. The molecule has 0 saturated carbocycles. The number of anilines is 2. The number of aryl methyl sites for hydroxylation is 2. The Kier molecular flexibility index (Phi) is 3.17. The third-order valence-corrected chi connectivity index (χ3v) is 4.63. The van der Waals surface area contributed by atoms with Crippen molar-refractivity contribution in [3.63, 3.8) is 0 Å². The molecule has 0 aliphatic rings. The van der Waals surface area contributed by atoms with Crippen LogP contribution in [0.25, 0.3) is 10.1 Å². The Morgan fingerprint density at radius 2 is 2.10 bits per heavy atom. The normalized spacial score (nSPS) is 11.0. The molecule has 0 unspecified atom stereocenters. The molecule has 0 saturated heterocycles. The lowest BCUT2D eigenvalue weighted by Gasteiger charge is -2.03.